The molecule has 1 heterocycles. The average molecular weight is 191 g/mol. The van der Waals surface area contributed by atoms with Gasteiger partial charge in [0, 0.05) is 6.54 Å². The zero-order chi connectivity index (χ0) is 9.14. The number of halogens is 1. The quantitative estimate of drug-likeness (QED) is 0.608. The molecule has 0 aliphatic carbocycles. The summed E-state index contributed by atoms with van der Waals surface area (Å²) in [6, 6.07) is -0.434. The lowest BCUT2D eigenvalue weighted by molar-refractivity contribution is -0.135. The number of carbonyl (C=O) groups excluding carboxylic acids is 2. The molecule has 0 saturated carbocycles. The van der Waals surface area contributed by atoms with E-state index in [1.54, 1.807) is 0 Å². The molecule has 68 valence electrons. The highest BCUT2D eigenvalue weighted by atomic mass is 35.5. The van der Waals surface area contributed by atoms with Crippen molar-refractivity contribution in [2.45, 2.75) is 18.9 Å². The highest BCUT2D eigenvalue weighted by molar-refractivity contribution is 6.27. The van der Waals surface area contributed by atoms with Gasteiger partial charge in [-0.3, -0.25) is 9.59 Å². The Bertz CT molecular complexity index is 208. The highest BCUT2D eigenvalue weighted by Gasteiger charge is 2.31. The van der Waals surface area contributed by atoms with Crippen LogP contribution in [0.5, 0.6) is 0 Å². The molecule has 12 heavy (non-hydrogen) atoms. The van der Waals surface area contributed by atoms with Crippen LogP contribution in [0.25, 0.3) is 0 Å². The molecule has 0 radical (unpaired) electrons. The molecule has 2 N–H and O–H groups in total. The lowest BCUT2D eigenvalue weighted by Gasteiger charge is -2.20. The summed E-state index contributed by atoms with van der Waals surface area (Å²) in [6.07, 6.45) is 1.49. The smallest absolute Gasteiger partial charge is 0.240 e. The fourth-order valence-electron chi connectivity index (χ4n) is 1.44. The van der Waals surface area contributed by atoms with Gasteiger partial charge in [0.1, 0.15) is 11.9 Å². The van der Waals surface area contributed by atoms with E-state index in [-0.39, 0.29) is 11.8 Å². The van der Waals surface area contributed by atoms with Gasteiger partial charge in [0.15, 0.2) is 0 Å². The van der Waals surface area contributed by atoms with Crippen molar-refractivity contribution in [2.75, 3.05) is 12.4 Å². The fraction of sp³-hybridized carbons (Fsp3) is 0.714. The van der Waals surface area contributed by atoms with Crippen LogP contribution in [-0.2, 0) is 9.59 Å². The second-order valence-corrected chi connectivity index (χ2v) is 3.05. The Balaban J connectivity index is 2.63. The molecule has 0 aromatic rings. The van der Waals surface area contributed by atoms with Gasteiger partial charge in [-0.1, -0.05) is 0 Å². The van der Waals surface area contributed by atoms with Gasteiger partial charge in [-0.15, -0.1) is 11.6 Å². The first-order chi connectivity index (χ1) is 5.66. The molecular weight excluding hydrogens is 180 g/mol. The van der Waals surface area contributed by atoms with E-state index in [0.29, 0.717) is 13.0 Å². The number of likely N-dealkylation sites (tertiary alicyclic amines) is 1. The van der Waals surface area contributed by atoms with Crippen LogP contribution in [0, 0.1) is 0 Å². The number of amides is 2. The van der Waals surface area contributed by atoms with Crippen molar-refractivity contribution in [1.29, 1.82) is 0 Å². The van der Waals surface area contributed by atoms with E-state index in [0.717, 1.165) is 6.42 Å². The summed E-state index contributed by atoms with van der Waals surface area (Å²) in [5, 5.41) is 0. The van der Waals surface area contributed by atoms with Crippen molar-refractivity contribution in [2.24, 2.45) is 5.73 Å². The van der Waals surface area contributed by atoms with Gasteiger partial charge in [-0.05, 0) is 12.8 Å². The van der Waals surface area contributed by atoms with Gasteiger partial charge in [-0.25, -0.2) is 0 Å². The summed E-state index contributed by atoms with van der Waals surface area (Å²) < 4.78 is 0. The van der Waals surface area contributed by atoms with Gasteiger partial charge in [-0.2, -0.15) is 0 Å². The van der Waals surface area contributed by atoms with Crippen molar-refractivity contribution in [3.63, 3.8) is 0 Å². The third-order valence-corrected chi connectivity index (χ3v) is 2.24. The number of primary amides is 1. The monoisotopic (exact) mass is 190 g/mol. The molecule has 5 heteroatoms. The molecule has 1 aliphatic heterocycles. The third kappa shape index (κ3) is 1.69. The van der Waals surface area contributed by atoms with Crippen LogP contribution in [0.3, 0.4) is 0 Å². The van der Waals surface area contributed by atoms with Gasteiger partial charge in [0.25, 0.3) is 0 Å². The number of nitrogens with zero attached hydrogens (tertiary/aromatic N) is 1. The Morgan fingerprint density at radius 3 is 2.75 bits per heavy atom. The summed E-state index contributed by atoms with van der Waals surface area (Å²) in [4.78, 5) is 23.4. The Morgan fingerprint density at radius 2 is 2.25 bits per heavy atom. The first kappa shape index (κ1) is 9.32. The van der Waals surface area contributed by atoms with Gasteiger partial charge < -0.3 is 10.6 Å². The topological polar surface area (TPSA) is 63.4 Å². The number of carbonyl (C=O) groups is 2. The van der Waals surface area contributed by atoms with E-state index >= 15 is 0 Å². The number of hydrogen-bond acceptors (Lipinski definition) is 2. The van der Waals surface area contributed by atoms with E-state index < -0.39 is 11.9 Å². The number of alkyl halides is 1. The van der Waals surface area contributed by atoms with Crippen molar-refractivity contribution in [3.05, 3.63) is 0 Å². The minimum absolute atomic E-state index is 0.0796. The van der Waals surface area contributed by atoms with Crippen LogP contribution < -0.4 is 5.73 Å². The molecule has 0 bridgehead atoms. The lowest BCUT2D eigenvalue weighted by Crippen LogP contribution is -2.44. The molecule has 2 amide bonds. The first-order valence-corrected chi connectivity index (χ1v) is 4.35. The maximum absolute atomic E-state index is 11.1. The van der Waals surface area contributed by atoms with E-state index in [1.165, 1.54) is 4.90 Å². The van der Waals surface area contributed by atoms with E-state index in [1.807, 2.05) is 0 Å². The average Bonchev–Trinajstić information content (AvgIpc) is 2.50. The molecule has 0 aromatic carbocycles. The highest BCUT2D eigenvalue weighted by Crippen LogP contribution is 2.16. The molecule has 1 atom stereocenters. The molecular formula is C7H11ClN2O2. The van der Waals surface area contributed by atoms with Crippen LogP contribution in [-0.4, -0.2) is 35.2 Å². The second kappa shape index (κ2) is 3.76. The van der Waals surface area contributed by atoms with Crippen molar-refractivity contribution in [1.82, 2.24) is 4.90 Å². The second-order valence-electron chi connectivity index (χ2n) is 2.78. The minimum atomic E-state index is -0.439. The standard InChI is InChI=1S/C7H11ClN2O2/c8-4-6(11)10-3-1-2-5(10)7(9)12/h5H,1-4H2,(H2,9,12). The SMILES string of the molecule is NC(=O)C1CCCN1C(=O)CCl. The van der Waals surface area contributed by atoms with Crippen LogP contribution in [0.2, 0.25) is 0 Å². The summed E-state index contributed by atoms with van der Waals surface area (Å²) >= 11 is 5.36. The predicted molar refractivity (Wildman–Crippen MR) is 44.6 cm³/mol. The Hall–Kier alpha value is -0.770. The first-order valence-electron chi connectivity index (χ1n) is 3.81. The van der Waals surface area contributed by atoms with Gasteiger partial charge in [0.2, 0.25) is 11.8 Å². The van der Waals surface area contributed by atoms with Crippen LogP contribution in [0.4, 0.5) is 0 Å². The molecule has 0 spiro atoms. The lowest BCUT2D eigenvalue weighted by atomic mass is 10.2. The summed E-state index contributed by atoms with van der Waals surface area (Å²) in [5.74, 6) is -0.729. The maximum atomic E-state index is 11.1. The predicted octanol–water partition coefficient (Wildman–Crippen LogP) is -0.299. The largest absolute Gasteiger partial charge is 0.368 e. The minimum Gasteiger partial charge on any atom is -0.368 e. The molecule has 4 nitrogen and oxygen atoms in total. The van der Waals surface area contributed by atoms with Crippen molar-refractivity contribution >= 4 is 23.4 Å². The molecule has 1 saturated heterocycles. The van der Waals surface area contributed by atoms with E-state index in [2.05, 4.69) is 0 Å². The van der Waals surface area contributed by atoms with E-state index in [4.69, 9.17) is 17.3 Å². The number of hydrogen-bond donors (Lipinski definition) is 1. The van der Waals surface area contributed by atoms with Crippen molar-refractivity contribution < 1.29 is 9.59 Å². The Kier molecular flexibility index (Phi) is 2.92. The van der Waals surface area contributed by atoms with Crippen LogP contribution >= 0.6 is 11.6 Å². The zero-order valence-electron chi connectivity index (χ0n) is 6.62. The number of nitrogens with two attached hydrogens (primary N) is 1. The van der Waals surface area contributed by atoms with Crippen molar-refractivity contribution in [3.8, 4) is 0 Å². The summed E-state index contributed by atoms with van der Waals surface area (Å²) in [5.41, 5.74) is 5.10. The summed E-state index contributed by atoms with van der Waals surface area (Å²) in [6.45, 7) is 0.596. The van der Waals surface area contributed by atoms with Gasteiger partial charge in [0.05, 0.1) is 0 Å². The Labute approximate surface area is 75.6 Å². The molecule has 0 aromatic heterocycles. The maximum Gasteiger partial charge on any atom is 0.240 e. The molecule has 1 aliphatic rings. The van der Waals surface area contributed by atoms with E-state index in [9.17, 15) is 9.59 Å². The van der Waals surface area contributed by atoms with Crippen LogP contribution in [0.15, 0.2) is 0 Å². The summed E-state index contributed by atoms with van der Waals surface area (Å²) in [7, 11) is 0. The number of rotatable bonds is 2. The third-order valence-electron chi connectivity index (χ3n) is 2.02. The molecule has 1 rings (SSSR count). The molecule has 1 unspecified atom stereocenters. The normalized spacial score (nSPS) is 22.8. The zero-order valence-corrected chi connectivity index (χ0v) is 7.38. The fourth-order valence-corrected chi connectivity index (χ4v) is 1.59. The Morgan fingerprint density at radius 1 is 1.58 bits per heavy atom. The molecule has 1 fully saturated rings. The van der Waals surface area contributed by atoms with Gasteiger partial charge >= 0.3 is 0 Å². The van der Waals surface area contributed by atoms with Crippen LogP contribution in [0.1, 0.15) is 12.8 Å².